The van der Waals surface area contributed by atoms with Crippen LogP contribution in [0.3, 0.4) is 0 Å². The number of allylic oxidation sites excluding steroid dienone is 1. The van der Waals surface area contributed by atoms with Gasteiger partial charge in [0.2, 0.25) is 0 Å². The molecule has 1 saturated heterocycles. The molecule has 0 aromatic heterocycles. The summed E-state index contributed by atoms with van der Waals surface area (Å²) in [6, 6.07) is 0.0431. The fourth-order valence-corrected chi connectivity index (χ4v) is 0.801. The van der Waals surface area contributed by atoms with Crippen molar-refractivity contribution in [1.29, 1.82) is 0 Å². The summed E-state index contributed by atoms with van der Waals surface area (Å²) in [7, 11) is 0. The van der Waals surface area contributed by atoms with Gasteiger partial charge >= 0.3 is 0 Å². The van der Waals surface area contributed by atoms with Crippen molar-refractivity contribution < 1.29 is 9.47 Å². The lowest BCUT2D eigenvalue weighted by Gasteiger charge is -2.24. The van der Waals surface area contributed by atoms with E-state index >= 15 is 0 Å². The Morgan fingerprint density at radius 2 is 2.00 bits per heavy atom. The van der Waals surface area contributed by atoms with E-state index in [0.29, 0.717) is 13.2 Å². The molecule has 0 aromatic rings. The van der Waals surface area contributed by atoms with Crippen LogP contribution in [0.1, 0.15) is 6.92 Å². The average molecular weight is 143 g/mol. The van der Waals surface area contributed by atoms with E-state index in [0.717, 1.165) is 0 Å². The molecular formula is C7H13NO2. The summed E-state index contributed by atoms with van der Waals surface area (Å²) in [4.78, 5) is 0. The molecule has 10 heavy (non-hydrogen) atoms. The summed E-state index contributed by atoms with van der Waals surface area (Å²) < 4.78 is 10.4. The van der Waals surface area contributed by atoms with Gasteiger partial charge in [-0.15, -0.1) is 0 Å². The van der Waals surface area contributed by atoms with E-state index in [2.05, 4.69) is 0 Å². The van der Waals surface area contributed by atoms with Crippen molar-refractivity contribution in [2.24, 2.45) is 5.73 Å². The topological polar surface area (TPSA) is 44.5 Å². The molecule has 2 N–H and O–H groups in total. The maximum absolute atomic E-state index is 5.52. The summed E-state index contributed by atoms with van der Waals surface area (Å²) in [6.45, 7) is 3.12. The predicted molar refractivity (Wildman–Crippen MR) is 38.5 cm³/mol. The Kier molecular flexibility index (Phi) is 2.86. The van der Waals surface area contributed by atoms with Crippen molar-refractivity contribution in [2.45, 2.75) is 19.3 Å². The fraction of sp³-hybridized carbons (Fsp3) is 0.714. The third kappa shape index (κ3) is 2.10. The van der Waals surface area contributed by atoms with Crippen LogP contribution < -0.4 is 5.73 Å². The Labute approximate surface area is 60.8 Å². The zero-order valence-electron chi connectivity index (χ0n) is 6.12. The van der Waals surface area contributed by atoms with E-state index in [4.69, 9.17) is 15.2 Å². The Balaban J connectivity index is 2.26. The lowest BCUT2D eigenvalue weighted by atomic mass is 10.3. The molecule has 1 heterocycles. The van der Waals surface area contributed by atoms with Crippen molar-refractivity contribution in [3.63, 3.8) is 0 Å². The van der Waals surface area contributed by atoms with Crippen molar-refractivity contribution >= 4 is 0 Å². The van der Waals surface area contributed by atoms with Crippen LogP contribution in [-0.4, -0.2) is 25.5 Å². The van der Waals surface area contributed by atoms with Crippen LogP contribution >= 0.6 is 0 Å². The molecule has 0 saturated carbocycles. The molecule has 3 nitrogen and oxygen atoms in total. The monoisotopic (exact) mass is 143 g/mol. The summed E-state index contributed by atoms with van der Waals surface area (Å²) in [5, 5.41) is 0. The maximum Gasteiger partial charge on any atom is 0.176 e. The van der Waals surface area contributed by atoms with Crippen LogP contribution in [0, 0.1) is 0 Å². The first-order valence-electron chi connectivity index (χ1n) is 3.44. The highest BCUT2D eigenvalue weighted by Gasteiger charge is 2.15. The number of ether oxygens (including phenoxy) is 2. The lowest BCUT2D eigenvalue weighted by Crippen LogP contribution is -2.40. The molecule has 1 aliphatic rings. The Morgan fingerprint density at radius 1 is 1.40 bits per heavy atom. The predicted octanol–water partition coefficient (Wildman–Crippen LogP) is 0.263. The molecule has 1 fully saturated rings. The molecule has 0 radical (unpaired) electrons. The average Bonchev–Trinajstić information content (AvgIpc) is 1.95. The third-order valence-corrected chi connectivity index (χ3v) is 1.30. The second kappa shape index (κ2) is 3.71. The van der Waals surface area contributed by atoms with Gasteiger partial charge in [0.05, 0.1) is 19.3 Å². The maximum atomic E-state index is 5.52. The molecule has 58 valence electrons. The minimum Gasteiger partial charge on any atom is -0.347 e. The van der Waals surface area contributed by atoms with Crippen LogP contribution in [0.25, 0.3) is 0 Å². The van der Waals surface area contributed by atoms with Gasteiger partial charge in [-0.25, -0.2) is 0 Å². The summed E-state index contributed by atoms with van der Waals surface area (Å²) >= 11 is 0. The number of rotatable bonds is 1. The van der Waals surface area contributed by atoms with E-state index in [9.17, 15) is 0 Å². The van der Waals surface area contributed by atoms with Crippen molar-refractivity contribution in [3.8, 4) is 0 Å². The molecule has 0 atom stereocenters. The van der Waals surface area contributed by atoms with Crippen LogP contribution in [0.15, 0.2) is 12.2 Å². The first kappa shape index (κ1) is 7.72. The number of nitrogens with two attached hydrogens (primary N) is 1. The molecule has 3 heteroatoms. The minimum atomic E-state index is -0.176. The summed E-state index contributed by atoms with van der Waals surface area (Å²) in [6.07, 6.45) is 3.60. The molecule has 1 aliphatic heterocycles. The van der Waals surface area contributed by atoms with E-state index in [1.54, 1.807) is 0 Å². The highest BCUT2D eigenvalue weighted by Crippen LogP contribution is 2.04. The van der Waals surface area contributed by atoms with Gasteiger partial charge in [0.1, 0.15) is 0 Å². The highest BCUT2D eigenvalue weighted by atomic mass is 16.7. The molecular weight excluding hydrogens is 130 g/mol. The number of hydrogen-bond donors (Lipinski definition) is 1. The van der Waals surface area contributed by atoms with Gasteiger partial charge < -0.3 is 15.2 Å². The first-order chi connectivity index (χ1) is 4.83. The van der Waals surface area contributed by atoms with Gasteiger partial charge in [-0.2, -0.15) is 0 Å². The standard InChI is InChI=1S/C7H13NO2/c1-2-3-7-9-4-6(8)5-10-7/h2-3,6-7H,4-5,8H2,1H3/b3-2+. The number of hydrogen-bond acceptors (Lipinski definition) is 3. The van der Waals surface area contributed by atoms with Crippen LogP contribution in [0.4, 0.5) is 0 Å². The van der Waals surface area contributed by atoms with Crippen LogP contribution in [0.5, 0.6) is 0 Å². The van der Waals surface area contributed by atoms with Gasteiger partial charge in [0, 0.05) is 0 Å². The largest absolute Gasteiger partial charge is 0.347 e. The molecule has 0 aromatic carbocycles. The second-order valence-corrected chi connectivity index (χ2v) is 2.32. The Hall–Kier alpha value is -0.380. The van der Waals surface area contributed by atoms with Gasteiger partial charge in [0.15, 0.2) is 6.29 Å². The van der Waals surface area contributed by atoms with Crippen molar-refractivity contribution in [1.82, 2.24) is 0 Å². The quantitative estimate of drug-likeness (QED) is 0.535. The molecule has 0 aliphatic carbocycles. The lowest BCUT2D eigenvalue weighted by molar-refractivity contribution is -0.157. The molecule has 0 amide bonds. The summed E-state index contributed by atoms with van der Waals surface area (Å²) in [5.74, 6) is 0. The first-order valence-corrected chi connectivity index (χ1v) is 3.44. The van der Waals surface area contributed by atoms with Crippen LogP contribution in [0.2, 0.25) is 0 Å². The smallest absolute Gasteiger partial charge is 0.176 e. The fourth-order valence-electron chi connectivity index (χ4n) is 0.801. The Bertz CT molecular complexity index is 117. The second-order valence-electron chi connectivity index (χ2n) is 2.32. The highest BCUT2D eigenvalue weighted by molar-refractivity contribution is 4.83. The van der Waals surface area contributed by atoms with Crippen molar-refractivity contribution in [2.75, 3.05) is 13.2 Å². The van der Waals surface area contributed by atoms with Crippen molar-refractivity contribution in [3.05, 3.63) is 12.2 Å². The Morgan fingerprint density at radius 3 is 2.50 bits per heavy atom. The zero-order valence-corrected chi connectivity index (χ0v) is 6.12. The molecule has 0 spiro atoms. The van der Waals surface area contributed by atoms with Gasteiger partial charge in [0.25, 0.3) is 0 Å². The van der Waals surface area contributed by atoms with Crippen LogP contribution in [-0.2, 0) is 9.47 Å². The van der Waals surface area contributed by atoms with Gasteiger partial charge in [-0.05, 0) is 13.0 Å². The third-order valence-electron chi connectivity index (χ3n) is 1.30. The zero-order chi connectivity index (χ0) is 7.40. The van der Waals surface area contributed by atoms with Gasteiger partial charge in [-0.1, -0.05) is 6.08 Å². The normalized spacial score (nSPS) is 35.0. The van der Waals surface area contributed by atoms with E-state index < -0.39 is 0 Å². The van der Waals surface area contributed by atoms with E-state index in [1.165, 1.54) is 0 Å². The molecule has 0 unspecified atom stereocenters. The van der Waals surface area contributed by atoms with E-state index in [1.807, 2.05) is 19.1 Å². The molecule has 0 bridgehead atoms. The summed E-state index contributed by atoms with van der Waals surface area (Å²) in [5.41, 5.74) is 5.52. The van der Waals surface area contributed by atoms with Gasteiger partial charge in [-0.3, -0.25) is 0 Å². The minimum absolute atomic E-state index is 0.0431. The van der Waals surface area contributed by atoms with E-state index in [-0.39, 0.29) is 12.3 Å². The molecule has 1 rings (SSSR count). The SMILES string of the molecule is C/C=C/C1OCC(N)CO1.